The molecule has 1 fully saturated rings. The van der Waals surface area contributed by atoms with Crippen molar-refractivity contribution in [2.45, 2.75) is 12.6 Å². The van der Waals surface area contributed by atoms with E-state index in [1.165, 1.54) is 0 Å². The third-order valence-corrected chi connectivity index (χ3v) is 2.93. The van der Waals surface area contributed by atoms with E-state index in [1.807, 2.05) is 18.0 Å². The van der Waals surface area contributed by atoms with E-state index in [2.05, 4.69) is 10.4 Å². The zero-order valence-electron chi connectivity index (χ0n) is 9.26. The highest BCUT2D eigenvalue weighted by Gasteiger charge is 2.28. The summed E-state index contributed by atoms with van der Waals surface area (Å²) in [6, 6.07) is 1.48. The Hall–Kier alpha value is -1.40. The Morgan fingerprint density at radius 2 is 2.56 bits per heavy atom. The molecule has 1 aromatic heterocycles. The van der Waals surface area contributed by atoms with Crippen LogP contribution < -0.4 is 5.32 Å². The van der Waals surface area contributed by atoms with Gasteiger partial charge in [0.25, 0.3) is 0 Å². The highest BCUT2D eigenvalue weighted by Crippen LogP contribution is 2.09. The van der Waals surface area contributed by atoms with Crippen molar-refractivity contribution < 1.29 is 9.90 Å². The van der Waals surface area contributed by atoms with Gasteiger partial charge in [0.2, 0.25) is 0 Å². The lowest BCUT2D eigenvalue weighted by Gasteiger charge is -2.33. The van der Waals surface area contributed by atoms with Gasteiger partial charge < -0.3 is 10.4 Å². The smallest absolute Gasteiger partial charge is 0.322 e. The van der Waals surface area contributed by atoms with Gasteiger partial charge in [-0.05, 0) is 6.07 Å². The second kappa shape index (κ2) is 4.63. The van der Waals surface area contributed by atoms with Crippen molar-refractivity contribution in [2.75, 3.05) is 19.6 Å². The minimum absolute atomic E-state index is 0.441. The van der Waals surface area contributed by atoms with Gasteiger partial charge in [-0.3, -0.25) is 14.4 Å². The number of nitrogens with one attached hydrogen (secondary N) is 1. The van der Waals surface area contributed by atoms with Gasteiger partial charge in [-0.2, -0.15) is 5.10 Å². The van der Waals surface area contributed by atoms with E-state index in [0.29, 0.717) is 13.1 Å². The second-order valence-electron chi connectivity index (χ2n) is 3.97. The molecular formula is C10H16N4O2. The molecule has 1 aliphatic rings. The van der Waals surface area contributed by atoms with Gasteiger partial charge in [-0.25, -0.2) is 0 Å². The SMILES string of the molecule is Cn1nccc1CN1CCNCC1C(=O)O. The van der Waals surface area contributed by atoms with Crippen LogP contribution in [0.5, 0.6) is 0 Å². The minimum atomic E-state index is -0.769. The quantitative estimate of drug-likeness (QED) is 0.709. The minimum Gasteiger partial charge on any atom is -0.480 e. The monoisotopic (exact) mass is 224 g/mol. The number of aliphatic carboxylic acids is 1. The normalized spacial score (nSPS) is 22.2. The number of hydrogen-bond acceptors (Lipinski definition) is 4. The topological polar surface area (TPSA) is 70.4 Å². The molecule has 6 heteroatoms. The Morgan fingerprint density at radius 3 is 3.19 bits per heavy atom. The summed E-state index contributed by atoms with van der Waals surface area (Å²) in [7, 11) is 1.87. The number of rotatable bonds is 3. The van der Waals surface area contributed by atoms with Gasteiger partial charge in [-0.15, -0.1) is 0 Å². The molecule has 16 heavy (non-hydrogen) atoms. The van der Waals surface area contributed by atoms with Gasteiger partial charge in [0, 0.05) is 39.4 Å². The van der Waals surface area contributed by atoms with E-state index in [4.69, 9.17) is 5.11 Å². The first-order valence-electron chi connectivity index (χ1n) is 5.33. The van der Waals surface area contributed by atoms with Crippen molar-refractivity contribution in [3.63, 3.8) is 0 Å². The summed E-state index contributed by atoms with van der Waals surface area (Å²) >= 11 is 0. The lowest BCUT2D eigenvalue weighted by Crippen LogP contribution is -2.54. The molecule has 1 saturated heterocycles. The Labute approximate surface area is 93.9 Å². The third-order valence-electron chi connectivity index (χ3n) is 2.93. The molecule has 1 aliphatic heterocycles. The van der Waals surface area contributed by atoms with Crippen molar-refractivity contribution in [3.05, 3.63) is 18.0 Å². The van der Waals surface area contributed by atoms with E-state index in [0.717, 1.165) is 18.8 Å². The number of carboxylic acid groups (broad SMARTS) is 1. The largest absolute Gasteiger partial charge is 0.480 e. The molecule has 2 rings (SSSR count). The van der Waals surface area contributed by atoms with Crippen molar-refractivity contribution in [3.8, 4) is 0 Å². The van der Waals surface area contributed by atoms with Crippen LogP contribution in [0.4, 0.5) is 0 Å². The van der Waals surface area contributed by atoms with Crippen LogP contribution in [-0.2, 0) is 18.4 Å². The average molecular weight is 224 g/mol. The Morgan fingerprint density at radius 1 is 1.75 bits per heavy atom. The fourth-order valence-electron chi connectivity index (χ4n) is 1.94. The molecule has 88 valence electrons. The Bertz CT molecular complexity index is 377. The summed E-state index contributed by atoms with van der Waals surface area (Å²) in [6.07, 6.45) is 1.73. The molecule has 2 heterocycles. The Balaban J connectivity index is 2.07. The van der Waals surface area contributed by atoms with Crippen LogP contribution in [0, 0.1) is 0 Å². The predicted octanol–water partition coefficient (Wildman–Crippen LogP) is -0.721. The molecule has 0 radical (unpaired) electrons. The molecule has 0 aromatic carbocycles. The molecule has 0 bridgehead atoms. The molecule has 6 nitrogen and oxygen atoms in total. The number of aromatic nitrogens is 2. The fourth-order valence-corrected chi connectivity index (χ4v) is 1.94. The summed E-state index contributed by atoms with van der Waals surface area (Å²) in [4.78, 5) is 13.0. The molecular weight excluding hydrogens is 208 g/mol. The first-order valence-corrected chi connectivity index (χ1v) is 5.33. The van der Waals surface area contributed by atoms with Crippen molar-refractivity contribution in [1.82, 2.24) is 20.0 Å². The maximum absolute atomic E-state index is 11.1. The van der Waals surface area contributed by atoms with Crippen molar-refractivity contribution in [2.24, 2.45) is 7.05 Å². The summed E-state index contributed by atoms with van der Waals surface area (Å²) in [6.45, 7) is 2.73. The standard InChI is InChI=1S/C10H16N4O2/c1-13-8(2-3-12-13)7-14-5-4-11-6-9(14)10(15)16/h2-3,9,11H,4-7H2,1H3,(H,15,16). The van der Waals surface area contributed by atoms with E-state index in [-0.39, 0.29) is 0 Å². The summed E-state index contributed by atoms with van der Waals surface area (Å²) in [5.41, 5.74) is 1.04. The number of carboxylic acids is 1. The van der Waals surface area contributed by atoms with Crippen molar-refractivity contribution in [1.29, 1.82) is 0 Å². The van der Waals surface area contributed by atoms with Crippen LogP contribution in [-0.4, -0.2) is 51.4 Å². The predicted molar refractivity (Wildman–Crippen MR) is 57.9 cm³/mol. The lowest BCUT2D eigenvalue weighted by molar-refractivity contribution is -0.144. The fraction of sp³-hybridized carbons (Fsp3) is 0.600. The molecule has 1 atom stereocenters. The zero-order chi connectivity index (χ0) is 11.5. The van der Waals surface area contributed by atoms with Crippen LogP contribution in [0.2, 0.25) is 0 Å². The molecule has 0 aliphatic carbocycles. The Kier molecular flexibility index (Phi) is 3.21. The number of nitrogens with zero attached hydrogens (tertiary/aromatic N) is 3. The molecule has 2 N–H and O–H groups in total. The van der Waals surface area contributed by atoms with Gasteiger partial charge in [0.1, 0.15) is 6.04 Å². The van der Waals surface area contributed by atoms with Crippen molar-refractivity contribution >= 4 is 5.97 Å². The molecule has 0 amide bonds. The highest BCUT2D eigenvalue weighted by atomic mass is 16.4. The number of carbonyl (C=O) groups is 1. The van der Waals surface area contributed by atoms with Crippen LogP contribution >= 0.6 is 0 Å². The molecule has 1 unspecified atom stereocenters. The molecule has 0 spiro atoms. The first-order chi connectivity index (χ1) is 7.68. The van der Waals surface area contributed by atoms with Gasteiger partial charge >= 0.3 is 5.97 Å². The van der Waals surface area contributed by atoms with Crippen LogP contribution in [0.3, 0.4) is 0 Å². The lowest BCUT2D eigenvalue weighted by atomic mass is 10.2. The van der Waals surface area contributed by atoms with E-state index in [9.17, 15) is 4.79 Å². The van der Waals surface area contributed by atoms with Gasteiger partial charge in [0.05, 0.1) is 5.69 Å². The number of hydrogen-bond donors (Lipinski definition) is 2. The summed E-state index contributed by atoms with van der Waals surface area (Å²) < 4.78 is 1.78. The maximum atomic E-state index is 11.1. The first kappa shape index (κ1) is 11.1. The van der Waals surface area contributed by atoms with Gasteiger partial charge in [-0.1, -0.05) is 0 Å². The molecule has 1 aromatic rings. The zero-order valence-corrected chi connectivity index (χ0v) is 9.26. The molecule has 0 saturated carbocycles. The van der Waals surface area contributed by atoms with Crippen LogP contribution in [0.25, 0.3) is 0 Å². The summed E-state index contributed by atoms with van der Waals surface area (Å²) in [5, 5.41) is 16.3. The summed E-state index contributed by atoms with van der Waals surface area (Å²) in [5.74, 6) is -0.769. The maximum Gasteiger partial charge on any atom is 0.322 e. The van der Waals surface area contributed by atoms with Gasteiger partial charge in [0.15, 0.2) is 0 Å². The number of piperazine rings is 1. The van der Waals surface area contributed by atoms with Crippen LogP contribution in [0.1, 0.15) is 5.69 Å². The third kappa shape index (κ3) is 2.23. The van der Waals surface area contributed by atoms with E-state index in [1.54, 1.807) is 10.9 Å². The second-order valence-corrected chi connectivity index (χ2v) is 3.97. The average Bonchev–Trinajstić information content (AvgIpc) is 2.65. The number of aryl methyl sites for hydroxylation is 1. The highest BCUT2D eigenvalue weighted by molar-refractivity contribution is 5.73. The van der Waals surface area contributed by atoms with Crippen LogP contribution in [0.15, 0.2) is 12.3 Å². The van der Waals surface area contributed by atoms with E-state index >= 15 is 0 Å². The van der Waals surface area contributed by atoms with E-state index < -0.39 is 12.0 Å².